The zero-order valence-corrected chi connectivity index (χ0v) is 10.5. The number of benzene rings is 2. The molecule has 2 aromatic carbocycles. The maximum Gasteiger partial charge on any atom is 0.137 e. The predicted octanol–water partition coefficient (Wildman–Crippen LogP) is 3.57. The summed E-state index contributed by atoms with van der Waals surface area (Å²) in [6.45, 7) is 0. The quantitative estimate of drug-likeness (QED) is 0.920. The number of aliphatic hydroxyl groups excluding tert-OH is 1. The first-order valence-electron chi connectivity index (χ1n) is 5.39. The lowest BCUT2D eigenvalue weighted by Gasteiger charge is -2.13. The summed E-state index contributed by atoms with van der Waals surface area (Å²) in [5.41, 5.74) is 1.25. The van der Waals surface area contributed by atoms with Gasteiger partial charge in [0.25, 0.3) is 0 Å². The Morgan fingerprint density at radius 3 is 2.33 bits per heavy atom. The van der Waals surface area contributed by atoms with Crippen LogP contribution < -0.4 is 4.74 Å². The summed E-state index contributed by atoms with van der Waals surface area (Å²) in [6, 6.07) is 10.7. The van der Waals surface area contributed by atoms with Gasteiger partial charge >= 0.3 is 0 Å². The van der Waals surface area contributed by atoms with Gasteiger partial charge in [-0.25, -0.2) is 4.39 Å². The van der Waals surface area contributed by atoms with Crippen LogP contribution in [0.1, 0.15) is 17.2 Å². The van der Waals surface area contributed by atoms with E-state index in [1.807, 2.05) is 0 Å². The van der Waals surface area contributed by atoms with Crippen LogP contribution in [0.25, 0.3) is 0 Å². The first kappa shape index (κ1) is 12.9. The number of hydrogen-bond acceptors (Lipinski definition) is 2. The highest BCUT2D eigenvalue weighted by molar-refractivity contribution is 6.32. The normalized spacial score (nSPS) is 12.2. The second kappa shape index (κ2) is 5.38. The Labute approximate surface area is 110 Å². The lowest BCUT2D eigenvalue weighted by Crippen LogP contribution is -2.00. The Morgan fingerprint density at radius 1 is 1.11 bits per heavy atom. The summed E-state index contributed by atoms with van der Waals surface area (Å²) in [4.78, 5) is 0. The molecule has 0 heterocycles. The van der Waals surface area contributed by atoms with E-state index in [1.165, 1.54) is 19.2 Å². The second-order valence-electron chi connectivity index (χ2n) is 3.85. The molecule has 2 aromatic rings. The third-order valence-corrected chi connectivity index (χ3v) is 2.99. The molecular formula is C14H12ClFO2. The van der Waals surface area contributed by atoms with E-state index in [4.69, 9.17) is 16.3 Å². The zero-order chi connectivity index (χ0) is 13.1. The highest BCUT2D eigenvalue weighted by Crippen LogP contribution is 2.30. The van der Waals surface area contributed by atoms with Crippen LogP contribution in [0.5, 0.6) is 5.75 Å². The van der Waals surface area contributed by atoms with E-state index in [9.17, 15) is 9.50 Å². The summed E-state index contributed by atoms with van der Waals surface area (Å²) in [5.74, 6) is 0.162. The van der Waals surface area contributed by atoms with Gasteiger partial charge in [0.2, 0.25) is 0 Å². The van der Waals surface area contributed by atoms with Gasteiger partial charge in [0, 0.05) is 0 Å². The lowest BCUT2D eigenvalue weighted by atomic mass is 10.0. The predicted molar refractivity (Wildman–Crippen MR) is 68.5 cm³/mol. The molecule has 0 spiro atoms. The van der Waals surface area contributed by atoms with Gasteiger partial charge in [0.05, 0.1) is 12.1 Å². The van der Waals surface area contributed by atoms with E-state index in [-0.39, 0.29) is 5.82 Å². The molecule has 0 aromatic heterocycles. The average Bonchev–Trinajstić information content (AvgIpc) is 2.39. The van der Waals surface area contributed by atoms with Crippen molar-refractivity contribution in [2.45, 2.75) is 6.10 Å². The van der Waals surface area contributed by atoms with Crippen LogP contribution in [-0.4, -0.2) is 12.2 Å². The number of methoxy groups -OCH3 is 1. The number of halogens is 2. The molecule has 4 heteroatoms. The molecule has 94 valence electrons. The van der Waals surface area contributed by atoms with E-state index in [1.54, 1.807) is 30.3 Å². The fourth-order valence-electron chi connectivity index (χ4n) is 1.68. The SMILES string of the molecule is COc1cc(C(O)c2ccc(F)cc2)ccc1Cl. The van der Waals surface area contributed by atoms with E-state index in [0.29, 0.717) is 21.9 Å². The molecule has 2 nitrogen and oxygen atoms in total. The molecule has 0 saturated carbocycles. The van der Waals surface area contributed by atoms with Crippen molar-refractivity contribution in [1.29, 1.82) is 0 Å². The van der Waals surface area contributed by atoms with Crippen molar-refractivity contribution in [3.63, 3.8) is 0 Å². The third-order valence-electron chi connectivity index (χ3n) is 2.68. The minimum absolute atomic E-state index is 0.334. The standard InChI is InChI=1S/C14H12ClFO2/c1-18-13-8-10(4-7-12(13)15)14(17)9-2-5-11(16)6-3-9/h2-8,14,17H,1H3. The van der Waals surface area contributed by atoms with Gasteiger partial charge in [-0.15, -0.1) is 0 Å². The number of hydrogen-bond donors (Lipinski definition) is 1. The number of aliphatic hydroxyl groups is 1. The Morgan fingerprint density at radius 2 is 1.72 bits per heavy atom. The summed E-state index contributed by atoms with van der Waals surface area (Å²) in [7, 11) is 1.51. The van der Waals surface area contributed by atoms with Crippen LogP contribution in [0.4, 0.5) is 4.39 Å². The van der Waals surface area contributed by atoms with Gasteiger partial charge < -0.3 is 9.84 Å². The zero-order valence-electron chi connectivity index (χ0n) is 9.73. The maximum atomic E-state index is 12.8. The number of ether oxygens (including phenoxy) is 1. The third kappa shape index (κ3) is 2.63. The van der Waals surface area contributed by atoms with Crippen molar-refractivity contribution >= 4 is 11.6 Å². The minimum atomic E-state index is -0.836. The van der Waals surface area contributed by atoms with Crippen LogP contribution in [0, 0.1) is 5.82 Å². The van der Waals surface area contributed by atoms with Crippen molar-refractivity contribution in [3.8, 4) is 5.75 Å². The van der Waals surface area contributed by atoms with Crippen molar-refractivity contribution in [1.82, 2.24) is 0 Å². The summed E-state index contributed by atoms with van der Waals surface area (Å²) in [6.07, 6.45) is -0.836. The van der Waals surface area contributed by atoms with E-state index in [0.717, 1.165) is 0 Å². The number of rotatable bonds is 3. The molecule has 0 aliphatic carbocycles. The van der Waals surface area contributed by atoms with Crippen molar-refractivity contribution < 1.29 is 14.2 Å². The van der Waals surface area contributed by atoms with Gasteiger partial charge in [-0.2, -0.15) is 0 Å². The highest BCUT2D eigenvalue weighted by Gasteiger charge is 2.12. The minimum Gasteiger partial charge on any atom is -0.495 e. The van der Waals surface area contributed by atoms with Gasteiger partial charge in [0.15, 0.2) is 0 Å². The van der Waals surface area contributed by atoms with Crippen molar-refractivity contribution in [2.24, 2.45) is 0 Å². The fraction of sp³-hybridized carbons (Fsp3) is 0.143. The Bertz CT molecular complexity index is 540. The Hall–Kier alpha value is -1.58. The molecule has 1 atom stereocenters. The molecule has 0 aliphatic rings. The highest BCUT2D eigenvalue weighted by atomic mass is 35.5. The fourth-order valence-corrected chi connectivity index (χ4v) is 1.88. The van der Waals surface area contributed by atoms with Crippen LogP contribution in [0.15, 0.2) is 42.5 Å². The molecule has 0 amide bonds. The van der Waals surface area contributed by atoms with E-state index < -0.39 is 6.10 Å². The van der Waals surface area contributed by atoms with E-state index in [2.05, 4.69) is 0 Å². The van der Waals surface area contributed by atoms with Gasteiger partial charge in [0.1, 0.15) is 17.7 Å². The average molecular weight is 267 g/mol. The van der Waals surface area contributed by atoms with Crippen molar-refractivity contribution in [3.05, 3.63) is 64.4 Å². The first-order chi connectivity index (χ1) is 8.61. The van der Waals surface area contributed by atoms with Crippen LogP contribution in [0.3, 0.4) is 0 Å². The molecule has 0 saturated heterocycles. The lowest BCUT2D eigenvalue weighted by molar-refractivity contribution is 0.219. The smallest absolute Gasteiger partial charge is 0.137 e. The monoisotopic (exact) mass is 266 g/mol. The summed E-state index contributed by atoms with van der Waals surface area (Å²) >= 11 is 5.91. The largest absolute Gasteiger partial charge is 0.495 e. The molecule has 1 N–H and O–H groups in total. The van der Waals surface area contributed by atoms with Gasteiger partial charge in [-0.05, 0) is 35.4 Å². The molecule has 0 fully saturated rings. The van der Waals surface area contributed by atoms with E-state index >= 15 is 0 Å². The van der Waals surface area contributed by atoms with Crippen LogP contribution >= 0.6 is 11.6 Å². The van der Waals surface area contributed by atoms with Gasteiger partial charge in [-0.1, -0.05) is 29.8 Å². The molecule has 0 radical (unpaired) electrons. The van der Waals surface area contributed by atoms with Gasteiger partial charge in [-0.3, -0.25) is 0 Å². The second-order valence-corrected chi connectivity index (χ2v) is 4.26. The molecular weight excluding hydrogens is 255 g/mol. The Balaban J connectivity index is 2.33. The van der Waals surface area contributed by atoms with Crippen LogP contribution in [-0.2, 0) is 0 Å². The molecule has 0 bridgehead atoms. The molecule has 2 rings (SSSR count). The molecule has 18 heavy (non-hydrogen) atoms. The molecule has 0 aliphatic heterocycles. The molecule has 1 unspecified atom stereocenters. The Kier molecular flexibility index (Phi) is 3.84. The topological polar surface area (TPSA) is 29.5 Å². The maximum absolute atomic E-state index is 12.8. The van der Waals surface area contributed by atoms with Crippen LogP contribution in [0.2, 0.25) is 5.02 Å². The first-order valence-corrected chi connectivity index (χ1v) is 5.76. The summed E-state index contributed by atoms with van der Waals surface area (Å²) < 4.78 is 17.9. The summed E-state index contributed by atoms with van der Waals surface area (Å²) in [5, 5.41) is 10.7. The van der Waals surface area contributed by atoms with Crippen molar-refractivity contribution in [2.75, 3.05) is 7.11 Å².